The predicted octanol–water partition coefficient (Wildman–Crippen LogP) is 3.75. The number of carbonyl (C=O) groups is 2. The van der Waals surface area contributed by atoms with Gasteiger partial charge in [-0.15, -0.1) is 0 Å². The highest BCUT2D eigenvalue weighted by atomic mass is 16.5. The molecule has 142 valence electrons. The standard InChI is InChI=1S/C21H30N2O3/c24-20(22-12-5-13-26-15-16-10-11-16)18-8-4-9-19(14-18)23-21(25)17-6-2-1-3-7-17/h4,8-9,14,16-17H,1-3,5-7,10-13,15H2,(H,22,24)(H,23,25). The smallest absolute Gasteiger partial charge is 0.251 e. The molecule has 5 nitrogen and oxygen atoms in total. The van der Waals surface area contributed by atoms with Gasteiger partial charge in [0, 0.05) is 36.9 Å². The van der Waals surface area contributed by atoms with Gasteiger partial charge in [-0.2, -0.15) is 0 Å². The van der Waals surface area contributed by atoms with Crippen LogP contribution < -0.4 is 10.6 Å². The largest absolute Gasteiger partial charge is 0.381 e. The van der Waals surface area contributed by atoms with Gasteiger partial charge in [-0.3, -0.25) is 9.59 Å². The monoisotopic (exact) mass is 358 g/mol. The lowest BCUT2D eigenvalue weighted by Gasteiger charge is -2.20. The normalized spacial score (nSPS) is 17.7. The lowest BCUT2D eigenvalue weighted by molar-refractivity contribution is -0.120. The van der Waals surface area contributed by atoms with Gasteiger partial charge < -0.3 is 15.4 Å². The Balaban J connectivity index is 1.40. The SMILES string of the molecule is O=C(NCCCOCC1CC1)c1cccc(NC(=O)C2CCCCC2)c1. The maximum atomic E-state index is 12.3. The number of amides is 2. The number of benzene rings is 1. The third-order valence-corrected chi connectivity index (χ3v) is 5.17. The molecule has 2 aliphatic carbocycles. The Bertz CT molecular complexity index is 607. The summed E-state index contributed by atoms with van der Waals surface area (Å²) in [5.41, 5.74) is 1.27. The highest BCUT2D eigenvalue weighted by Crippen LogP contribution is 2.28. The van der Waals surface area contributed by atoms with E-state index in [-0.39, 0.29) is 17.7 Å². The van der Waals surface area contributed by atoms with Crippen molar-refractivity contribution in [3.8, 4) is 0 Å². The Morgan fingerprint density at radius 3 is 2.65 bits per heavy atom. The zero-order chi connectivity index (χ0) is 18.2. The molecule has 2 amide bonds. The topological polar surface area (TPSA) is 67.4 Å². The first-order chi connectivity index (χ1) is 12.7. The molecule has 2 aliphatic rings. The van der Waals surface area contributed by atoms with Crippen molar-refractivity contribution in [2.75, 3.05) is 25.1 Å². The molecule has 0 aromatic heterocycles. The zero-order valence-electron chi connectivity index (χ0n) is 15.5. The summed E-state index contributed by atoms with van der Waals surface area (Å²) >= 11 is 0. The van der Waals surface area contributed by atoms with Crippen LogP contribution in [-0.4, -0.2) is 31.6 Å². The van der Waals surface area contributed by atoms with Gasteiger partial charge in [-0.05, 0) is 56.2 Å². The van der Waals surface area contributed by atoms with E-state index in [2.05, 4.69) is 10.6 Å². The van der Waals surface area contributed by atoms with Gasteiger partial charge >= 0.3 is 0 Å². The number of anilines is 1. The third-order valence-electron chi connectivity index (χ3n) is 5.17. The van der Waals surface area contributed by atoms with Gasteiger partial charge in [-0.25, -0.2) is 0 Å². The van der Waals surface area contributed by atoms with Gasteiger partial charge in [0.1, 0.15) is 0 Å². The summed E-state index contributed by atoms with van der Waals surface area (Å²) in [6.07, 6.45) is 8.83. The second kappa shape index (κ2) is 9.72. The molecule has 26 heavy (non-hydrogen) atoms. The molecule has 0 spiro atoms. The highest BCUT2D eigenvalue weighted by molar-refractivity contribution is 5.97. The van der Waals surface area contributed by atoms with Crippen molar-refractivity contribution in [2.45, 2.75) is 51.4 Å². The fourth-order valence-electron chi connectivity index (χ4n) is 3.36. The van der Waals surface area contributed by atoms with E-state index in [4.69, 9.17) is 4.74 Å². The molecule has 0 heterocycles. The summed E-state index contributed by atoms with van der Waals surface area (Å²) in [5.74, 6) is 0.851. The van der Waals surface area contributed by atoms with Crippen molar-refractivity contribution in [3.63, 3.8) is 0 Å². The van der Waals surface area contributed by atoms with E-state index < -0.39 is 0 Å². The van der Waals surface area contributed by atoms with Crippen molar-refractivity contribution in [2.24, 2.45) is 11.8 Å². The second-order valence-corrected chi connectivity index (χ2v) is 7.53. The first-order valence-corrected chi connectivity index (χ1v) is 9.99. The van der Waals surface area contributed by atoms with E-state index in [9.17, 15) is 9.59 Å². The van der Waals surface area contributed by atoms with E-state index in [1.54, 1.807) is 12.1 Å². The lowest BCUT2D eigenvalue weighted by atomic mass is 9.88. The van der Waals surface area contributed by atoms with Crippen LogP contribution in [0.4, 0.5) is 5.69 Å². The summed E-state index contributed by atoms with van der Waals surface area (Å²) < 4.78 is 5.57. The van der Waals surface area contributed by atoms with E-state index in [1.165, 1.54) is 19.3 Å². The number of rotatable bonds is 9. The summed E-state index contributed by atoms with van der Waals surface area (Å²) in [5, 5.41) is 5.88. The number of carbonyl (C=O) groups excluding carboxylic acids is 2. The van der Waals surface area contributed by atoms with Crippen molar-refractivity contribution >= 4 is 17.5 Å². The Morgan fingerprint density at radius 2 is 1.88 bits per heavy atom. The van der Waals surface area contributed by atoms with Crippen LogP contribution in [0.5, 0.6) is 0 Å². The molecule has 1 aromatic rings. The minimum atomic E-state index is -0.110. The van der Waals surface area contributed by atoms with Crippen molar-refractivity contribution in [3.05, 3.63) is 29.8 Å². The Kier molecular flexibility index (Phi) is 7.06. The average Bonchev–Trinajstić information content (AvgIpc) is 3.49. The molecular weight excluding hydrogens is 328 g/mol. The molecule has 3 rings (SSSR count). The van der Waals surface area contributed by atoms with Crippen LogP contribution >= 0.6 is 0 Å². The van der Waals surface area contributed by atoms with Crippen molar-refractivity contribution in [1.29, 1.82) is 0 Å². The summed E-state index contributed by atoms with van der Waals surface area (Å²) in [4.78, 5) is 24.6. The van der Waals surface area contributed by atoms with Crippen LogP contribution in [0, 0.1) is 11.8 Å². The zero-order valence-corrected chi connectivity index (χ0v) is 15.5. The Hall–Kier alpha value is -1.88. The number of hydrogen-bond acceptors (Lipinski definition) is 3. The summed E-state index contributed by atoms with van der Waals surface area (Å²) in [6.45, 7) is 2.15. The molecule has 0 radical (unpaired) electrons. The van der Waals surface area contributed by atoms with Gasteiger partial charge in [-0.1, -0.05) is 25.3 Å². The van der Waals surface area contributed by atoms with Crippen molar-refractivity contribution in [1.82, 2.24) is 5.32 Å². The summed E-state index contributed by atoms with van der Waals surface area (Å²) in [6, 6.07) is 7.17. The first-order valence-electron chi connectivity index (χ1n) is 9.99. The van der Waals surface area contributed by atoms with Crippen LogP contribution in [0.1, 0.15) is 61.7 Å². The van der Waals surface area contributed by atoms with Crippen LogP contribution in [0.25, 0.3) is 0 Å². The van der Waals surface area contributed by atoms with Crippen molar-refractivity contribution < 1.29 is 14.3 Å². The third kappa shape index (κ3) is 6.13. The van der Waals surface area contributed by atoms with Crippen LogP contribution in [0.15, 0.2) is 24.3 Å². The van der Waals surface area contributed by atoms with Crippen LogP contribution in [-0.2, 0) is 9.53 Å². The van der Waals surface area contributed by atoms with Crippen LogP contribution in [0.3, 0.4) is 0 Å². The maximum absolute atomic E-state index is 12.3. The van der Waals surface area contributed by atoms with E-state index in [1.807, 2.05) is 12.1 Å². The molecule has 2 saturated carbocycles. The van der Waals surface area contributed by atoms with Crippen LogP contribution in [0.2, 0.25) is 0 Å². The molecule has 2 fully saturated rings. The molecule has 2 N–H and O–H groups in total. The minimum absolute atomic E-state index is 0.0788. The quantitative estimate of drug-likeness (QED) is 0.661. The molecule has 0 unspecified atom stereocenters. The molecule has 1 aromatic carbocycles. The van der Waals surface area contributed by atoms with Gasteiger partial charge in [0.25, 0.3) is 5.91 Å². The molecular formula is C21H30N2O3. The van der Waals surface area contributed by atoms with E-state index in [0.717, 1.165) is 44.6 Å². The Labute approximate surface area is 155 Å². The molecule has 0 aliphatic heterocycles. The van der Waals surface area contributed by atoms with Gasteiger partial charge in [0.15, 0.2) is 0 Å². The maximum Gasteiger partial charge on any atom is 0.251 e. The van der Waals surface area contributed by atoms with E-state index in [0.29, 0.717) is 24.4 Å². The fourth-order valence-corrected chi connectivity index (χ4v) is 3.36. The molecule has 0 saturated heterocycles. The lowest BCUT2D eigenvalue weighted by Crippen LogP contribution is -2.26. The fraction of sp³-hybridized carbons (Fsp3) is 0.619. The predicted molar refractivity (Wildman–Crippen MR) is 102 cm³/mol. The van der Waals surface area contributed by atoms with E-state index >= 15 is 0 Å². The average molecular weight is 358 g/mol. The molecule has 0 atom stereocenters. The van der Waals surface area contributed by atoms with Gasteiger partial charge in [0.05, 0.1) is 0 Å². The summed E-state index contributed by atoms with van der Waals surface area (Å²) in [7, 11) is 0. The van der Waals surface area contributed by atoms with Gasteiger partial charge in [0.2, 0.25) is 5.91 Å². The number of ether oxygens (including phenoxy) is 1. The Morgan fingerprint density at radius 1 is 1.08 bits per heavy atom. The first kappa shape index (κ1) is 18.9. The second-order valence-electron chi connectivity index (χ2n) is 7.53. The highest BCUT2D eigenvalue weighted by Gasteiger charge is 2.21. The minimum Gasteiger partial charge on any atom is -0.381 e. The number of hydrogen-bond donors (Lipinski definition) is 2. The molecule has 5 heteroatoms. The molecule has 0 bridgehead atoms. The number of nitrogens with one attached hydrogen (secondary N) is 2.